The molecule has 1 aliphatic carbocycles. The summed E-state index contributed by atoms with van der Waals surface area (Å²) >= 11 is 0. The Kier molecular flexibility index (Phi) is 7.32. The zero-order chi connectivity index (χ0) is 18.9. The number of carbonyl (C=O) groups excluding carboxylic acids is 2. The summed E-state index contributed by atoms with van der Waals surface area (Å²) in [6, 6.07) is 3.62. The fraction of sp³-hybridized carbons (Fsp3) is 0.474. The van der Waals surface area contributed by atoms with Crippen molar-refractivity contribution in [3.8, 4) is 17.2 Å². The van der Waals surface area contributed by atoms with Gasteiger partial charge >= 0.3 is 5.97 Å². The predicted molar refractivity (Wildman–Crippen MR) is 96.5 cm³/mol. The van der Waals surface area contributed by atoms with Gasteiger partial charge in [0.25, 0.3) is 5.91 Å². The molecule has 0 aliphatic heterocycles. The number of nitrogens with one attached hydrogen (secondary N) is 1. The van der Waals surface area contributed by atoms with Crippen molar-refractivity contribution in [2.75, 3.05) is 27.9 Å². The number of ether oxygens (including phenoxy) is 4. The molecule has 7 heteroatoms. The van der Waals surface area contributed by atoms with Crippen LogP contribution >= 0.6 is 0 Å². The van der Waals surface area contributed by atoms with Gasteiger partial charge < -0.3 is 24.3 Å². The summed E-state index contributed by atoms with van der Waals surface area (Å²) in [5.74, 6) is 0.566. The molecule has 7 nitrogen and oxygen atoms in total. The Bertz CT molecular complexity index is 639. The van der Waals surface area contributed by atoms with Gasteiger partial charge in [0.15, 0.2) is 18.1 Å². The highest BCUT2D eigenvalue weighted by atomic mass is 16.5. The second-order valence-electron chi connectivity index (χ2n) is 5.95. The average molecular weight is 363 g/mol. The molecular formula is C19H25NO6. The Morgan fingerprint density at radius 3 is 2.23 bits per heavy atom. The lowest BCUT2D eigenvalue weighted by Gasteiger charge is -2.13. The first kappa shape index (κ1) is 19.6. The minimum Gasteiger partial charge on any atom is -0.493 e. The molecule has 0 radical (unpaired) electrons. The summed E-state index contributed by atoms with van der Waals surface area (Å²) in [6.45, 7) is -0.283. The number of benzene rings is 1. The fourth-order valence-corrected chi connectivity index (χ4v) is 2.89. The van der Waals surface area contributed by atoms with Crippen molar-refractivity contribution in [3.05, 3.63) is 23.8 Å². The number of amides is 1. The number of rotatable bonds is 8. The van der Waals surface area contributed by atoms with Gasteiger partial charge in [-0.2, -0.15) is 0 Å². The van der Waals surface area contributed by atoms with E-state index in [-0.39, 0.29) is 18.6 Å². The van der Waals surface area contributed by atoms with Gasteiger partial charge in [0.1, 0.15) is 0 Å². The van der Waals surface area contributed by atoms with Gasteiger partial charge in [-0.3, -0.25) is 4.79 Å². The standard InChI is InChI=1S/C19H25NO6/c1-23-15-10-13(11-16(24-2)19(15)25-3)8-9-18(22)26-12-17(21)20-14-6-4-5-7-14/h8-11,14H,4-7,12H2,1-3H3,(H,20,21). The third kappa shape index (κ3) is 5.40. The Labute approximate surface area is 153 Å². The zero-order valence-corrected chi connectivity index (χ0v) is 15.4. The van der Waals surface area contributed by atoms with Crippen LogP contribution in [0.4, 0.5) is 0 Å². The number of hydrogen-bond acceptors (Lipinski definition) is 6. The van der Waals surface area contributed by atoms with Crippen LogP contribution in [-0.2, 0) is 14.3 Å². The Balaban J connectivity index is 1.91. The molecule has 1 saturated carbocycles. The zero-order valence-electron chi connectivity index (χ0n) is 15.4. The van der Waals surface area contributed by atoms with Crippen LogP contribution in [0.15, 0.2) is 18.2 Å². The molecule has 0 heterocycles. The lowest BCUT2D eigenvalue weighted by Crippen LogP contribution is -2.35. The molecule has 1 N–H and O–H groups in total. The van der Waals surface area contributed by atoms with E-state index >= 15 is 0 Å². The Morgan fingerprint density at radius 2 is 1.69 bits per heavy atom. The third-order valence-electron chi connectivity index (χ3n) is 4.16. The molecule has 1 aromatic rings. The number of carbonyl (C=O) groups is 2. The molecular weight excluding hydrogens is 338 g/mol. The topological polar surface area (TPSA) is 83.1 Å². The van der Waals surface area contributed by atoms with Crippen LogP contribution in [0.2, 0.25) is 0 Å². The van der Waals surface area contributed by atoms with Crippen molar-refractivity contribution in [1.82, 2.24) is 5.32 Å². The minimum atomic E-state index is -0.597. The highest BCUT2D eigenvalue weighted by molar-refractivity contribution is 5.89. The summed E-state index contributed by atoms with van der Waals surface area (Å²) in [5, 5.41) is 2.86. The van der Waals surface area contributed by atoms with Gasteiger partial charge in [-0.05, 0) is 36.6 Å². The van der Waals surface area contributed by atoms with E-state index in [1.807, 2.05) is 0 Å². The van der Waals surface area contributed by atoms with Gasteiger partial charge in [0.05, 0.1) is 21.3 Å². The summed E-state index contributed by atoms with van der Waals surface area (Å²) in [7, 11) is 4.55. The maximum Gasteiger partial charge on any atom is 0.331 e. The first-order chi connectivity index (χ1) is 12.6. The monoisotopic (exact) mass is 363 g/mol. The summed E-state index contributed by atoms with van der Waals surface area (Å²) in [5.41, 5.74) is 0.673. The van der Waals surface area contributed by atoms with Gasteiger partial charge in [-0.15, -0.1) is 0 Å². The smallest absolute Gasteiger partial charge is 0.331 e. The third-order valence-corrected chi connectivity index (χ3v) is 4.16. The predicted octanol–water partition coefficient (Wildman–Crippen LogP) is 2.33. The van der Waals surface area contributed by atoms with Gasteiger partial charge in [-0.25, -0.2) is 4.79 Å². The number of methoxy groups -OCH3 is 3. The molecule has 0 unspecified atom stereocenters. The van der Waals surface area contributed by atoms with E-state index in [0.29, 0.717) is 22.8 Å². The molecule has 1 aliphatic rings. The molecule has 1 fully saturated rings. The van der Waals surface area contributed by atoms with Gasteiger partial charge in [0, 0.05) is 12.1 Å². The second kappa shape index (κ2) is 9.70. The summed E-state index contributed by atoms with van der Waals surface area (Å²) in [6.07, 6.45) is 7.04. The molecule has 0 bridgehead atoms. The van der Waals surface area contributed by atoms with E-state index in [4.69, 9.17) is 18.9 Å². The minimum absolute atomic E-state index is 0.205. The second-order valence-corrected chi connectivity index (χ2v) is 5.95. The largest absolute Gasteiger partial charge is 0.493 e. The highest BCUT2D eigenvalue weighted by Gasteiger charge is 2.17. The average Bonchev–Trinajstić information content (AvgIpc) is 3.16. The molecule has 0 aromatic heterocycles. The SMILES string of the molecule is COc1cc(C=CC(=O)OCC(=O)NC2CCCC2)cc(OC)c1OC. The molecule has 0 saturated heterocycles. The molecule has 0 atom stereocenters. The van der Waals surface area contributed by atoms with Crippen molar-refractivity contribution in [3.63, 3.8) is 0 Å². The van der Waals surface area contributed by atoms with E-state index in [1.165, 1.54) is 27.4 Å². The van der Waals surface area contributed by atoms with Crippen LogP contribution in [0.25, 0.3) is 6.08 Å². The van der Waals surface area contributed by atoms with Crippen molar-refractivity contribution in [2.24, 2.45) is 0 Å². The van der Waals surface area contributed by atoms with Crippen LogP contribution in [0.3, 0.4) is 0 Å². The maximum atomic E-state index is 11.8. The first-order valence-corrected chi connectivity index (χ1v) is 8.51. The lowest BCUT2D eigenvalue weighted by molar-refractivity contribution is -0.144. The van der Waals surface area contributed by atoms with Crippen LogP contribution < -0.4 is 19.5 Å². The van der Waals surface area contributed by atoms with Crippen LogP contribution in [-0.4, -0.2) is 45.9 Å². The molecule has 1 amide bonds. The molecule has 1 aromatic carbocycles. The fourth-order valence-electron chi connectivity index (χ4n) is 2.89. The molecule has 142 valence electrons. The van der Waals surface area contributed by atoms with Crippen molar-refractivity contribution in [1.29, 1.82) is 0 Å². The summed E-state index contributed by atoms with van der Waals surface area (Å²) < 4.78 is 20.7. The Morgan fingerprint density at radius 1 is 1.08 bits per heavy atom. The molecule has 2 rings (SSSR count). The van der Waals surface area contributed by atoms with E-state index < -0.39 is 5.97 Å². The number of hydrogen-bond donors (Lipinski definition) is 1. The van der Waals surface area contributed by atoms with Crippen LogP contribution in [0, 0.1) is 0 Å². The quantitative estimate of drug-likeness (QED) is 0.564. The normalized spacial score (nSPS) is 14.3. The van der Waals surface area contributed by atoms with Crippen LogP contribution in [0.5, 0.6) is 17.2 Å². The van der Waals surface area contributed by atoms with Crippen molar-refractivity contribution < 1.29 is 28.5 Å². The van der Waals surface area contributed by atoms with E-state index in [1.54, 1.807) is 18.2 Å². The highest BCUT2D eigenvalue weighted by Crippen LogP contribution is 2.38. The Hall–Kier alpha value is -2.70. The van der Waals surface area contributed by atoms with Gasteiger partial charge in [0.2, 0.25) is 5.75 Å². The number of esters is 1. The van der Waals surface area contributed by atoms with E-state index in [0.717, 1.165) is 25.7 Å². The van der Waals surface area contributed by atoms with Crippen molar-refractivity contribution in [2.45, 2.75) is 31.7 Å². The molecule has 26 heavy (non-hydrogen) atoms. The van der Waals surface area contributed by atoms with Gasteiger partial charge in [-0.1, -0.05) is 12.8 Å². The first-order valence-electron chi connectivity index (χ1n) is 8.51. The van der Waals surface area contributed by atoms with Crippen molar-refractivity contribution >= 4 is 18.0 Å². The molecule has 0 spiro atoms. The lowest BCUT2D eigenvalue weighted by atomic mass is 10.1. The summed E-state index contributed by atoms with van der Waals surface area (Å²) in [4.78, 5) is 23.6. The van der Waals surface area contributed by atoms with E-state index in [2.05, 4.69) is 5.32 Å². The van der Waals surface area contributed by atoms with Crippen LogP contribution in [0.1, 0.15) is 31.2 Å². The maximum absolute atomic E-state index is 11.8. The van der Waals surface area contributed by atoms with E-state index in [9.17, 15) is 9.59 Å².